The summed E-state index contributed by atoms with van der Waals surface area (Å²) in [6, 6.07) is 15.3. The molecule has 0 saturated carbocycles. The molecule has 0 aliphatic heterocycles. The second-order valence-electron chi connectivity index (χ2n) is 4.83. The Morgan fingerprint density at radius 3 is 2.00 bits per heavy atom. The molecule has 2 aromatic carbocycles. The molecule has 0 spiro atoms. The van der Waals surface area contributed by atoms with E-state index in [4.69, 9.17) is 0 Å². The highest BCUT2D eigenvalue weighted by molar-refractivity contribution is 9.11. The van der Waals surface area contributed by atoms with Gasteiger partial charge < -0.3 is 5.32 Å². The Balaban J connectivity index is 2.10. The van der Waals surface area contributed by atoms with Crippen molar-refractivity contribution in [3.8, 4) is 0 Å². The van der Waals surface area contributed by atoms with E-state index in [-0.39, 0.29) is 6.04 Å². The minimum atomic E-state index is 0.274. The highest BCUT2D eigenvalue weighted by atomic mass is 79.9. The van der Waals surface area contributed by atoms with Crippen LogP contribution in [0.15, 0.2) is 55.9 Å². The summed E-state index contributed by atoms with van der Waals surface area (Å²) in [5.74, 6) is 0. The number of benzene rings is 2. The molecule has 0 heterocycles. The van der Waals surface area contributed by atoms with E-state index in [1.807, 2.05) is 0 Å². The van der Waals surface area contributed by atoms with Gasteiger partial charge in [0.1, 0.15) is 0 Å². The predicted octanol–water partition coefficient (Wildman–Crippen LogP) is 6.39. The highest BCUT2D eigenvalue weighted by Gasteiger charge is 2.13. The molecule has 2 rings (SSSR count). The SMILES string of the molecule is CC(NC(C)c1ccc(Br)cc1Br)c1ccc(Br)cc1. The summed E-state index contributed by atoms with van der Waals surface area (Å²) in [7, 11) is 0. The Hall–Kier alpha value is -0.160. The second kappa shape index (κ2) is 7.21. The minimum Gasteiger partial charge on any atom is -0.304 e. The maximum Gasteiger partial charge on any atom is 0.0308 e. The van der Waals surface area contributed by atoms with Crippen LogP contribution in [0.1, 0.15) is 37.1 Å². The van der Waals surface area contributed by atoms with Gasteiger partial charge in [0.05, 0.1) is 0 Å². The van der Waals surface area contributed by atoms with Crippen LogP contribution in [0.2, 0.25) is 0 Å². The molecule has 0 aliphatic carbocycles. The van der Waals surface area contributed by atoms with Crippen LogP contribution in [0.25, 0.3) is 0 Å². The smallest absolute Gasteiger partial charge is 0.0308 e. The largest absolute Gasteiger partial charge is 0.304 e. The number of hydrogen-bond acceptors (Lipinski definition) is 1. The number of halogens is 3. The zero-order valence-corrected chi connectivity index (χ0v) is 16.1. The molecule has 0 saturated heterocycles. The maximum atomic E-state index is 3.63. The van der Waals surface area contributed by atoms with Gasteiger partial charge in [0, 0.05) is 25.5 Å². The fourth-order valence-corrected chi connectivity index (χ4v) is 3.82. The number of hydrogen-bond donors (Lipinski definition) is 1. The molecule has 4 heteroatoms. The van der Waals surface area contributed by atoms with Gasteiger partial charge in [-0.25, -0.2) is 0 Å². The first kappa shape index (κ1) is 16.2. The third kappa shape index (κ3) is 4.17. The van der Waals surface area contributed by atoms with Gasteiger partial charge in [0.2, 0.25) is 0 Å². The van der Waals surface area contributed by atoms with Gasteiger partial charge in [-0.2, -0.15) is 0 Å². The average molecular weight is 462 g/mol. The third-order valence-corrected chi connectivity index (χ3v) is 5.01. The van der Waals surface area contributed by atoms with Gasteiger partial charge in [-0.1, -0.05) is 66.0 Å². The Morgan fingerprint density at radius 2 is 1.40 bits per heavy atom. The van der Waals surface area contributed by atoms with Crippen LogP contribution < -0.4 is 5.32 Å². The lowest BCUT2D eigenvalue weighted by molar-refractivity contribution is 0.493. The zero-order chi connectivity index (χ0) is 14.7. The quantitative estimate of drug-likeness (QED) is 0.556. The van der Waals surface area contributed by atoms with E-state index in [0.29, 0.717) is 6.04 Å². The van der Waals surface area contributed by atoms with Crippen LogP contribution in [-0.4, -0.2) is 0 Å². The first-order valence-corrected chi connectivity index (χ1v) is 8.81. The van der Waals surface area contributed by atoms with Crippen molar-refractivity contribution >= 4 is 47.8 Å². The van der Waals surface area contributed by atoms with E-state index < -0.39 is 0 Å². The predicted molar refractivity (Wildman–Crippen MR) is 95.9 cm³/mol. The van der Waals surface area contributed by atoms with Crippen molar-refractivity contribution in [2.45, 2.75) is 25.9 Å². The molecule has 1 N–H and O–H groups in total. The van der Waals surface area contributed by atoms with Crippen molar-refractivity contribution in [1.29, 1.82) is 0 Å². The molecular weight excluding hydrogens is 446 g/mol. The van der Waals surface area contributed by atoms with Gasteiger partial charge in [0.15, 0.2) is 0 Å². The summed E-state index contributed by atoms with van der Waals surface area (Å²) in [5, 5.41) is 3.63. The van der Waals surface area contributed by atoms with E-state index in [0.717, 1.165) is 13.4 Å². The van der Waals surface area contributed by atoms with Gasteiger partial charge in [0.25, 0.3) is 0 Å². The molecule has 0 aliphatic rings. The normalized spacial score (nSPS) is 14.1. The summed E-state index contributed by atoms with van der Waals surface area (Å²) in [6.45, 7) is 4.37. The fraction of sp³-hybridized carbons (Fsp3) is 0.250. The monoisotopic (exact) mass is 459 g/mol. The van der Waals surface area contributed by atoms with Crippen molar-refractivity contribution in [2.24, 2.45) is 0 Å². The van der Waals surface area contributed by atoms with Crippen molar-refractivity contribution in [2.75, 3.05) is 0 Å². The lowest BCUT2D eigenvalue weighted by Crippen LogP contribution is -2.22. The Morgan fingerprint density at radius 1 is 0.800 bits per heavy atom. The van der Waals surface area contributed by atoms with Gasteiger partial charge in [-0.3, -0.25) is 0 Å². The second-order valence-corrected chi connectivity index (χ2v) is 7.51. The number of nitrogens with one attached hydrogen (secondary N) is 1. The first-order chi connectivity index (χ1) is 9.47. The third-order valence-electron chi connectivity index (χ3n) is 3.30. The van der Waals surface area contributed by atoms with Crippen LogP contribution in [-0.2, 0) is 0 Å². The Kier molecular flexibility index (Phi) is 5.84. The molecule has 2 unspecified atom stereocenters. The Bertz CT molecular complexity index is 581. The Labute approximate surface area is 145 Å². The molecule has 1 nitrogen and oxygen atoms in total. The lowest BCUT2D eigenvalue weighted by atomic mass is 10.0. The van der Waals surface area contributed by atoms with E-state index in [9.17, 15) is 0 Å². The van der Waals surface area contributed by atoms with Crippen molar-refractivity contribution in [1.82, 2.24) is 5.32 Å². The molecule has 0 fully saturated rings. The molecule has 2 aromatic rings. The summed E-state index contributed by atoms with van der Waals surface area (Å²) in [4.78, 5) is 0. The standard InChI is InChI=1S/C16H16Br3N/c1-10(12-3-5-13(17)6-4-12)20-11(2)15-8-7-14(18)9-16(15)19/h3-11,20H,1-2H3. The van der Waals surface area contributed by atoms with Crippen LogP contribution in [0.5, 0.6) is 0 Å². The van der Waals surface area contributed by atoms with E-state index in [1.165, 1.54) is 11.1 Å². The molecule has 0 amide bonds. The van der Waals surface area contributed by atoms with Crippen LogP contribution >= 0.6 is 47.8 Å². The van der Waals surface area contributed by atoms with Crippen molar-refractivity contribution in [3.05, 3.63) is 67.0 Å². The summed E-state index contributed by atoms with van der Waals surface area (Å²) in [6.07, 6.45) is 0. The highest BCUT2D eigenvalue weighted by Crippen LogP contribution is 2.28. The molecular formula is C16H16Br3N. The van der Waals surface area contributed by atoms with E-state index >= 15 is 0 Å². The van der Waals surface area contributed by atoms with Crippen LogP contribution in [0.4, 0.5) is 0 Å². The summed E-state index contributed by atoms with van der Waals surface area (Å²) >= 11 is 10.6. The van der Waals surface area contributed by atoms with Crippen molar-refractivity contribution in [3.63, 3.8) is 0 Å². The first-order valence-electron chi connectivity index (χ1n) is 6.44. The van der Waals surface area contributed by atoms with E-state index in [2.05, 4.69) is 109 Å². The fourth-order valence-electron chi connectivity index (χ4n) is 2.17. The molecule has 106 valence electrons. The number of rotatable bonds is 4. The van der Waals surface area contributed by atoms with Gasteiger partial charge in [-0.15, -0.1) is 0 Å². The zero-order valence-electron chi connectivity index (χ0n) is 11.3. The molecule has 0 aromatic heterocycles. The molecule has 20 heavy (non-hydrogen) atoms. The molecule has 0 bridgehead atoms. The lowest BCUT2D eigenvalue weighted by Gasteiger charge is -2.22. The molecule has 0 radical (unpaired) electrons. The minimum absolute atomic E-state index is 0.274. The average Bonchev–Trinajstić information content (AvgIpc) is 2.39. The topological polar surface area (TPSA) is 12.0 Å². The molecule has 2 atom stereocenters. The van der Waals surface area contributed by atoms with Crippen LogP contribution in [0.3, 0.4) is 0 Å². The summed E-state index contributed by atoms with van der Waals surface area (Å²) in [5.41, 5.74) is 2.55. The van der Waals surface area contributed by atoms with E-state index in [1.54, 1.807) is 0 Å². The summed E-state index contributed by atoms with van der Waals surface area (Å²) < 4.78 is 3.31. The van der Waals surface area contributed by atoms with Gasteiger partial charge >= 0.3 is 0 Å². The van der Waals surface area contributed by atoms with Crippen molar-refractivity contribution < 1.29 is 0 Å². The van der Waals surface area contributed by atoms with Crippen LogP contribution in [0, 0.1) is 0 Å². The maximum absolute atomic E-state index is 3.63. The van der Waals surface area contributed by atoms with Gasteiger partial charge in [-0.05, 0) is 49.2 Å².